The molecule has 0 aliphatic carbocycles. The molecule has 11 nitrogen and oxygen atoms in total. The molecule has 0 aromatic carbocycles. The fourth-order valence-corrected chi connectivity index (χ4v) is 4.16. The van der Waals surface area contributed by atoms with Crippen LogP contribution in [-0.4, -0.2) is 63.9 Å². The summed E-state index contributed by atoms with van der Waals surface area (Å²) in [5.74, 6) is -0.442. The monoisotopic (exact) mass is 666 g/mol. The zero-order chi connectivity index (χ0) is 32.5. The minimum absolute atomic E-state index is 0. The van der Waals surface area contributed by atoms with Crippen LogP contribution >= 0.6 is 34.3 Å². The molecule has 0 spiro atoms. The second-order valence-electron chi connectivity index (χ2n) is 7.97. The third kappa shape index (κ3) is 16.0. The smallest absolute Gasteiger partial charge is 0.448 e. The Labute approximate surface area is 270 Å². The molecule has 4 N–H and O–H groups in total. The fraction of sp³-hybridized carbons (Fsp3) is 0.280. The van der Waals surface area contributed by atoms with Gasteiger partial charge in [0, 0.05) is 48.1 Å². The number of anilines is 2. The molecule has 0 bridgehead atoms. The molecule has 2 radical (unpaired) electrons. The molecule has 4 aromatic heterocycles. The van der Waals surface area contributed by atoms with Gasteiger partial charge in [-0.15, -0.1) is 22.7 Å². The number of rotatable bonds is 6. The first kappa shape index (κ1) is 40.7. The lowest BCUT2D eigenvalue weighted by Crippen LogP contribution is -2.05. The Bertz CT molecular complexity index is 1360. The van der Waals surface area contributed by atoms with Gasteiger partial charge in [-0.05, 0) is 25.9 Å². The summed E-state index contributed by atoms with van der Waals surface area (Å²) in [6, 6.07) is 2.64. The van der Waals surface area contributed by atoms with E-state index in [1.165, 1.54) is 61.7 Å². The number of pyridine rings is 2. The first-order valence-corrected chi connectivity index (χ1v) is 14.4. The van der Waals surface area contributed by atoms with Crippen molar-refractivity contribution in [1.82, 2.24) is 19.9 Å². The van der Waals surface area contributed by atoms with E-state index in [4.69, 9.17) is 21.6 Å². The molecule has 0 saturated heterocycles. The molecule has 0 unspecified atom stereocenters. The summed E-state index contributed by atoms with van der Waals surface area (Å²) in [5, 5.41) is 24.7. The molecular formula is C25H32B3ClF2N6O5S2. The van der Waals surface area contributed by atoms with E-state index in [0.717, 1.165) is 0 Å². The number of nitrogens with one attached hydrogen (secondary N) is 2. The van der Waals surface area contributed by atoms with Gasteiger partial charge in [-0.3, -0.25) is 14.6 Å². The van der Waals surface area contributed by atoms with Crippen molar-refractivity contribution in [3.63, 3.8) is 0 Å². The standard InChI is InChI=1S/C11H10FN3OS.C10H7ClFN3OS.C2H6B2O.CH5BO2.CH4/c1-6-9(12)3-8(4-13-6)11-15-10(5-17-11)14-7(2)16;1-5(16)14-8-4-17-10(15-8)6-2-7(12)9(11)13-3-6;1-3-5-4-2;1-2(3)4;/h3-5H,1-2H3,(H,14,16);2-4H,1H3,(H,14,16);1-2H3;3-4H,1H3;1H4. The molecule has 44 heavy (non-hydrogen) atoms. The van der Waals surface area contributed by atoms with Crippen LogP contribution in [0.4, 0.5) is 20.4 Å². The predicted molar refractivity (Wildman–Crippen MR) is 176 cm³/mol. The number of hydrogen-bond donors (Lipinski definition) is 4. The maximum Gasteiger partial charge on any atom is 0.448 e. The van der Waals surface area contributed by atoms with Crippen LogP contribution in [0.5, 0.6) is 0 Å². The Morgan fingerprint density at radius 2 is 1.32 bits per heavy atom. The second-order valence-corrected chi connectivity index (χ2v) is 10.0. The summed E-state index contributed by atoms with van der Waals surface area (Å²) in [6.07, 6.45) is 3.00. The molecule has 234 valence electrons. The Morgan fingerprint density at radius 3 is 1.66 bits per heavy atom. The summed E-state index contributed by atoms with van der Waals surface area (Å²) in [4.78, 5) is 37.6. The van der Waals surface area contributed by atoms with Crippen molar-refractivity contribution in [2.24, 2.45) is 0 Å². The van der Waals surface area contributed by atoms with Gasteiger partial charge in [0.25, 0.3) is 15.0 Å². The third-order valence-corrected chi connectivity index (χ3v) is 6.26. The van der Waals surface area contributed by atoms with Gasteiger partial charge >= 0.3 is 7.12 Å². The highest BCUT2D eigenvalue weighted by Gasteiger charge is 2.10. The number of carbonyl (C=O) groups is 2. The normalized spacial score (nSPS) is 9.34. The molecule has 4 rings (SSSR count). The van der Waals surface area contributed by atoms with Crippen LogP contribution < -0.4 is 10.6 Å². The highest BCUT2D eigenvalue weighted by atomic mass is 35.5. The van der Waals surface area contributed by atoms with Gasteiger partial charge in [0.15, 0.2) is 11.0 Å². The quantitative estimate of drug-likeness (QED) is 0.151. The van der Waals surface area contributed by atoms with E-state index in [1.54, 1.807) is 38.8 Å². The number of hydrogen-bond acceptors (Lipinski definition) is 11. The van der Waals surface area contributed by atoms with Crippen molar-refractivity contribution in [3.05, 3.63) is 57.8 Å². The molecule has 0 saturated carbocycles. The van der Waals surface area contributed by atoms with Gasteiger partial charge in [-0.25, -0.2) is 23.7 Å². The highest BCUT2D eigenvalue weighted by molar-refractivity contribution is 7.13. The Hall–Kier alpha value is -3.28. The molecule has 0 atom stereocenters. The second kappa shape index (κ2) is 21.4. The van der Waals surface area contributed by atoms with E-state index in [2.05, 4.69) is 35.1 Å². The van der Waals surface area contributed by atoms with Gasteiger partial charge in [-0.1, -0.05) is 32.7 Å². The van der Waals surface area contributed by atoms with E-state index in [-0.39, 0.29) is 30.2 Å². The number of amides is 2. The van der Waals surface area contributed by atoms with Crippen molar-refractivity contribution in [3.8, 4) is 21.1 Å². The summed E-state index contributed by atoms with van der Waals surface area (Å²) in [5.41, 5.74) is 1.48. The number of aromatic nitrogens is 4. The highest BCUT2D eigenvalue weighted by Crippen LogP contribution is 2.28. The average molecular weight is 667 g/mol. The zero-order valence-corrected chi connectivity index (χ0v) is 26.4. The average Bonchev–Trinajstić information content (AvgIpc) is 3.57. The number of halogens is 3. The Morgan fingerprint density at radius 1 is 0.909 bits per heavy atom. The van der Waals surface area contributed by atoms with Crippen molar-refractivity contribution >= 4 is 79.8 Å². The Kier molecular flexibility index (Phi) is 19.8. The first-order chi connectivity index (χ1) is 20.3. The molecule has 0 aliphatic rings. The lowest BCUT2D eigenvalue weighted by Gasteiger charge is -1.98. The molecular weight excluding hydrogens is 634 g/mol. The van der Waals surface area contributed by atoms with Crippen LogP contribution in [-0.2, 0) is 14.2 Å². The number of thiazole rings is 2. The summed E-state index contributed by atoms with van der Waals surface area (Å²) in [6.45, 7) is 9.35. The third-order valence-electron chi connectivity index (χ3n) is 4.20. The van der Waals surface area contributed by atoms with E-state index in [0.29, 0.717) is 38.5 Å². The Balaban J connectivity index is 0.000000650. The molecule has 2 amide bonds. The van der Waals surface area contributed by atoms with Crippen molar-refractivity contribution in [2.45, 2.75) is 48.7 Å². The molecule has 0 fully saturated rings. The number of nitrogens with zero attached hydrogens (tertiary/aromatic N) is 4. The van der Waals surface area contributed by atoms with Gasteiger partial charge in [-0.2, -0.15) is 0 Å². The first-order valence-electron chi connectivity index (χ1n) is 12.2. The van der Waals surface area contributed by atoms with E-state index >= 15 is 0 Å². The van der Waals surface area contributed by atoms with Crippen LogP contribution in [0.25, 0.3) is 21.1 Å². The van der Waals surface area contributed by atoms with Crippen molar-refractivity contribution < 1.29 is 33.0 Å². The maximum absolute atomic E-state index is 13.3. The number of aryl methyl sites for hydroxylation is 1. The van der Waals surface area contributed by atoms with Crippen LogP contribution in [0.1, 0.15) is 27.0 Å². The van der Waals surface area contributed by atoms with Crippen molar-refractivity contribution in [1.29, 1.82) is 0 Å². The molecule has 19 heteroatoms. The lowest BCUT2D eigenvalue weighted by atomic mass is 9.99. The SMILES string of the molecule is C.CB(O)O.CC(=O)Nc1csc(-c2cnc(C)c(F)c2)n1.CC(=O)Nc1csc(-c2cnc(Cl)c(F)c2)n1.C[B]O[B]C. The largest absolute Gasteiger partial charge is 0.506 e. The van der Waals surface area contributed by atoms with Gasteiger partial charge in [0.2, 0.25) is 11.8 Å². The topological polar surface area (TPSA) is 159 Å². The van der Waals surface area contributed by atoms with Gasteiger partial charge in [0.1, 0.15) is 27.5 Å². The predicted octanol–water partition coefficient (Wildman–Crippen LogP) is 5.63. The van der Waals surface area contributed by atoms with E-state index in [9.17, 15) is 18.4 Å². The molecule has 0 aliphatic heterocycles. The van der Waals surface area contributed by atoms with Gasteiger partial charge < -0.3 is 25.3 Å². The van der Waals surface area contributed by atoms with Crippen molar-refractivity contribution in [2.75, 3.05) is 10.6 Å². The zero-order valence-electron chi connectivity index (χ0n) is 24.1. The van der Waals surface area contributed by atoms with Gasteiger partial charge in [0.05, 0.1) is 5.69 Å². The summed E-state index contributed by atoms with van der Waals surface area (Å²) >= 11 is 8.09. The van der Waals surface area contributed by atoms with Crippen LogP contribution in [0.2, 0.25) is 25.6 Å². The lowest BCUT2D eigenvalue weighted by molar-refractivity contribution is -0.115. The minimum atomic E-state index is -1.17. The summed E-state index contributed by atoms with van der Waals surface area (Å²) < 4.78 is 31.1. The summed E-state index contributed by atoms with van der Waals surface area (Å²) in [7, 11) is 2.08. The van der Waals surface area contributed by atoms with Crippen LogP contribution in [0, 0.1) is 18.6 Å². The van der Waals surface area contributed by atoms with E-state index < -0.39 is 12.9 Å². The van der Waals surface area contributed by atoms with Crippen LogP contribution in [0.15, 0.2) is 35.3 Å². The minimum Gasteiger partial charge on any atom is -0.506 e. The van der Waals surface area contributed by atoms with E-state index in [1.807, 2.05) is 13.6 Å². The van der Waals surface area contributed by atoms with Crippen LogP contribution in [0.3, 0.4) is 0 Å². The number of carbonyl (C=O) groups excluding carboxylic acids is 2. The molecule has 4 heterocycles. The fourth-order valence-electron chi connectivity index (χ4n) is 2.59. The molecule has 4 aromatic rings. The maximum atomic E-state index is 13.3.